The molecular weight excluding hydrogens is 481 g/mol. The summed E-state index contributed by atoms with van der Waals surface area (Å²) in [5, 5.41) is 10.2. The van der Waals surface area contributed by atoms with Crippen molar-refractivity contribution in [1.82, 2.24) is 4.90 Å². The zero-order chi connectivity index (χ0) is 21.8. The molecule has 2 aromatic carbocycles. The Kier molecular flexibility index (Phi) is 6.78. The Balaban J connectivity index is 1.84. The van der Waals surface area contributed by atoms with Gasteiger partial charge in [0, 0.05) is 4.47 Å². The molecule has 0 bridgehead atoms. The number of ether oxygens (including phenoxy) is 2. The van der Waals surface area contributed by atoms with Crippen molar-refractivity contribution in [2.45, 2.75) is 6.54 Å². The molecule has 1 saturated heterocycles. The smallest absolute Gasteiger partial charge is 0.293 e. The monoisotopic (exact) mass is 494 g/mol. The Morgan fingerprint density at radius 2 is 1.93 bits per heavy atom. The van der Waals surface area contributed by atoms with Crippen molar-refractivity contribution in [3.8, 4) is 11.5 Å². The molecule has 0 aromatic heterocycles. The predicted octanol–water partition coefficient (Wildman–Crippen LogP) is 2.96. The normalized spacial score (nSPS) is 15.0. The van der Waals surface area contributed by atoms with Crippen molar-refractivity contribution in [3.63, 3.8) is 0 Å². The molecule has 1 fully saturated rings. The number of halogens is 2. The van der Waals surface area contributed by atoms with E-state index in [4.69, 9.17) is 9.47 Å². The van der Waals surface area contributed by atoms with Crippen molar-refractivity contribution in [1.29, 1.82) is 0 Å². The number of nitrogens with zero attached hydrogens (tertiary/aromatic N) is 1. The Hall–Kier alpha value is -2.85. The summed E-state index contributed by atoms with van der Waals surface area (Å²) in [4.78, 5) is 36.9. The lowest BCUT2D eigenvalue weighted by Crippen LogP contribution is -2.29. The number of methoxy groups -OCH3 is 1. The Bertz CT molecular complexity index is 1040. The number of carbonyl (C=O) groups is 3. The van der Waals surface area contributed by atoms with Gasteiger partial charge in [-0.15, -0.1) is 0 Å². The van der Waals surface area contributed by atoms with E-state index in [9.17, 15) is 23.9 Å². The van der Waals surface area contributed by atoms with Crippen molar-refractivity contribution in [2.75, 3.05) is 13.7 Å². The highest BCUT2D eigenvalue weighted by atomic mass is 79.9. The quantitative estimate of drug-likeness (QED) is 0.545. The highest BCUT2D eigenvalue weighted by Gasteiger charge is 2.35. The van der Waals surface area contributed by atoms with Gasteiger partial charge in [0.05, 0.1) is 24.5 Å². The highest BCUT2D eigenvalue weighted by Crippen LogP contribution is 2.38. The van der Waals surface area contributed by atoms with Crippen LogP contribution in [0, 0.1) is 5.82 Å². The van der Waals surface area contributed by atoms with E-state index in [1.807, 2.05) is 0 Å². The third kappa shape index (κ3) is 5.00. The molecule has 2 aromatic rings. The lowest BCUT2D eigenvalue weighted by atomic mass is 10.1. The van der Waals surface area contributed by atoms with E-state index in [2.05, 4.69) is 15.9 Å². The van der Waals surface area contributed by atoms with Gasteiger partial charge < -0.3 is 19.4 Å². The minimum atomic E-state index is -1.38. The maximum Gasteiger partial charge on any atom is 0.293 e. The molecule has 10 heteroatoms. The van der Waals surface area contributed by atoms with Crippen LogP contribution in [0.1, 0.15) is 11.1 Å². The average Bonchev–Trinajstić information content (AvgIpc) is 2.96. The van der Waals surface area contributed by atoms with E-state index in [0.29, 0.717) is 15.6 Å². The average molecular weight is 495 g/mol. The number of aliphatic carboxylic acids is 1. The third-order valence-corrected chi connectivity index (χ3v) is 5.64. The van der Waals surface area contributed by atoms with Crippen LogP contribution < -0.4 is 14.6 Å². The molecule has 0 unspecified atom stereocenters. The van der Waals surface area contributed by atoms with Crippen LogP contribution in [0.5, 0.6) is 11.5 Å². The molecule has 0 saturated carbocycles. The van der Waals surface area contributed by atoms with Crippen LogP contribution in [0.2, 0.25) is 0 Å². The van der Waals surface area contributed by atoms with Crippen LogP contribution in [0.3, 0.4) is 0 Å². The van der Waals surface area contributed by atoms with Gasteiger partial charge in [0.15, 0.2) is 11.5 Å². The fourth-order valence-electron chi connectivity index (χ4n) is 2.62. The first-order valence-corrected chi connectivity index (χ1v) is 10.1. The second-order valence-electron chi connectivity index (χ2n) is 6.08. The first-order chi connectivity index (χ1) is 14.3. The van der Waals surface area contributed by atoms with Gasteiger partial charge in [0.25, 0.3) is 11.1 Å². The molecule has 30 heavy (non-hydrogen) atoms. The van der Waals surface area contributed by atoms with Crippen LogP contribution in [0.15, 0.2) is 45.8 Å². The Labute approximate surface area is 183 Å². The zero-order valence-corrected chi connectivity index (χ0v) is 17.9. The number of benzene rings is 2. The van der Waals surface area contributed by atoms with Gasteiger partial charge in [-0.25, -0.2) is 4.39 Å². The summed E-state index contributed by atoms with van der Waals surface area (Å²) in [7, 11) is 1.38. The Morgan fingerprint density at radius 1 is 1.23 bits per heavy atom. The Morgan fingerprint density at radius 3 is 2.57 bits per heavy atom. The summed E-state index contributed by atoms with van der Waals surface area (Å²) in [5.41, 5.74) is 1.15. The number of amides is 2. The summed E-state index contributed by atoms with van der Waals surface area (Å²) < 4.78 is 23.9. The van der Waals surface area contributed by atoms with Gasteiger partial charge in [-0.05, 0) is 53.2 Å². The SMILES string of the molecule is COc1cc(/C=C2/SC(=O)N(Cc3ccc(F)cc3)C2=O)c(Br)cc1OCC(=O)[O-]. The van der Waals surface area contributed by atoms with E-state index in [1.165, 1.54) is 43.5 Å². The van der Waals surface area contributed by atoms with Crippen molar-refractivity contribution >= 4 is 50.9 Å². The number of imide groups is 1. The standard InChI is InChI=1S/C20H15BrFNO6S/c1-28-15-6-12(14(21)8-16(15)29-10-18(24)25)7-17-19(26)23(20(27)30-17)9-11-2-4-13(22)5-3-11/h2-8H,9-10H2,1H3,(H,24,25)/p-1/b17-7+. The van der Waals surface area contributed by atoms with Crippen molar-refractivity contribution < 1.29 is 33.4 Å². The maximum atomic E-state index is 13.1. The number of carboxylic acids is 1. The lowest BCUT2D eigenvalue weighted by molar-refractivity contribution is -0.307. The van der Waals surface area contributed by atoms with E-state index in [1.54, 1.807) is 6.07 Å². The minimum Gasteiger partial charge on any atom is -0.546 e. The van der Waals surface area contributed by atoms with Gasteiger partial charge in [-0.1, -0.05) is 28.1 Å². The fraction of sp³-hybridized carbons (Fsp3) is 0.150. The fourth-order valence-corrected chi connectivity index (χ4v) is 3.89. The van der Waals surface area contributed by atoms with Crippen LogP contribution in [0.25, 0.3) is 6.08 Å². The lowest BCUT2D eigenvalue weighted by Gasteiger charge is -2.13. The summed E-state index contributed by atoms with van der Waals surface area (Å²) >= 11 is 4.12. The molecule has 0 spiro atoms. The number of carbonyl (C=O) groups excluding carboxylic acids is 3. The van der Waals surface area contributed by atoms with Crippen LogP contribution >= 0.6 is 27.7 Å². The van der Waals surface area contributed by atoms with Crippen molar-refractivity contribution in [2.24, 2.45) is 0 Å². The van der Waals surface area contributed by atoms with Gasteiger partial charge >= 0.3 is 0 Å². The number of hydrogen-bond acceptors (Lipinski definition) is 7. The van der Waals surface area contributed by atoms with E-state index >= 15 is 0 Å². The molecule has 0 N–H and O–H groups in total. The van der Waals surface area contributed by atoms with Crippen LogP contribution in [-0.2, 0) is 16.1 Å². The number of thioether (sulfide) groups is 1. The number of hydrogen-bond donors (Lipinski definition) is 0. The molecule has 7 nitrogen and oxygen atoms in total. The van der Waals surface area contributed by atoms with Crippen LogP contribution in [0.4, 0.5) is 9.18 Å². The highest BCUT2D eigenvalue weighted by molar-refractivity contribution is 9.10. The molecule has 0 atom stereocenters. The van der Waals surface area contributed by atoms with E-state index < -0.39 is 29.5 Å². The second kappa shape index (κ2) is 9.31. The van der Waals surface area contributed by atoms with Crippen LogP contribution in [-0.4, -0.2) is 35.7 Å². The topological polar surface area (TPSA) is 96.0 Å². The maximum absolute atomic E-state index is 13.1. The molecule has 0 radical (unpaired) electrons. The first kappa shape index (κ1) is 21.8. The minimum absolute atomic E-state index is 0.0305. The van der Waals surface area contributed by atoms with Crippen molar-refractivity contribution in [3.05, 3.63) is 62.7 Å². The summed E-state index contributed by atoms with van der Waals surface area (Å²) in [6, 6.07) is 8.58. The first-order valence-electron chi connectivity index (χ1n) is 8.48. The predicted molar refractivity (Wildman–Crippen MR) is 109 cm³/mol. The molecule has 2 amide bonds. The molecule has 3 rings (SSSR count). The zero-order valence-electron chi connectivity index (χ0n) is 15.5. The van der Waals surface area contributed by atoms with E-state index in [0.717, 1.165) is 16.7 Å². The molecule has 1 heterocycles. The number of carboxylic acid groups (broad SMARTS) is 1. The van der Waals surface area contributed by atoms with Gasteiger partial charge in [0.1, 0.15) is 12.4 Å². The van der Waals surface area contributed by atoms with E-state index in [-0.39, 0.29) is 22.9 Å². The second-order valence-corrected chi connectivity index (χ2v) is 7.93. The number of rotatable bonds is 7. The molecular formula is C20H14BrFNO6S-. The summed E-state index contributed by atoms with van der Waals surface area (Å²) in [6.07, 6.45) is 1.52. The summed E-state index contributed by atoms with van der Waals surface area (Å²) in [5.74, 6) is -1.84. The largest absolute Gasteiger partial charge is 0.546 e. The molecule has 1 aliphatic rings. The van der Waals surface area contributed by atoms with Gasteiger partial charge in [-0.2, -0.15) is 0 Å². The van der Waals surface area contributed by atoms with Gasteiger partial charge in [-0.3, -0.25) is 14.5 Å². The van der Waals surface area contributed by atoms with Gasteiger partial charge in [0.2, 0.25) is 0 Å². The summed E-state index contributed by atoms with van der Waals surface area (Å²) in [6.45, 7) is -0.618. The molecule has 0 aliphatic carbocycles. The molecule has 156 valence electrons. The molecule has 1 aliphatic heterocycles. The third-order valence-electron chi connectivity index (χ3n) is 4.04.